The van der Waals surface area contributed by atoms with Crippen LogP contribution in [0.1, 0.15) is 36.9 Å². The number of aromatic nitrogens is 2. The number of fused-ring (bicyclic) bond motifs is 4. The Kier molecular flexibility index (Phi) is 3.79. The molecular formula is C17H26N4O2. The number of hydrogen-bond donors (Lipinski definition) is 2. The minimum absolute atomic E-state index is 0.100. The molecule has 4 fully saturated rings. The third kappa shape index (κ3) is 3.09. The van der Waals surface area contributed by atoms with E-state index < -0.39 is 0 Å². The van der Waals surface area contributed by atoms with Crippen molar-refractivity contribution in [2.45, 2.75) is 45.1 Å². The summed E-state index contributed by atoms with van der Waals surface area (Å²) in [7, 11) is 0. The van der Waals surface area contributed by atoms with Crippen molar-refractivity contribution in [2.75, 3.05) is 26.2 Å². The first-order valence-corrected chi connectivity index (χ1v) is 8.88. The second-order valence-corrected chi connectivity index (χ2v) is 7.65. The fourth-order valence-corrected chi connectivity index (χ4v) is 4.19. The van der Waals surface area contributed by atoms with Gasteiger partial charge in [0.15, 0.2) is 0 Å². The van der Waals surface area contributed by atoms with Gasteiger partial charge in [0.2, 0.25) is 5.91 Å². The van der Waals surface area contributed by atoms with Gasteiger partial charge in [0, 0.05) is 43.5 Å². The van der Waals surface area contributed by atoms with E-state index in [0.717, 1.165) is 31.2 Å². The van der Waals surface area contributed by atoms with E-state index in [9.17, 15) is 9.59 Å². The van der Waals surface area contributed by atoms with Crippen LogP contribution in [0.2, 0.25) is 0 Å². The van der Waals surface area contributed by atoms with E-state index in [0.29, 0.717) is 17.5 Å². The Morgan fingerprint density at radius 1 is 1.13 bits per heavy atom. The standard InChI is InChI=1S/C17H26N4O2/c1-11-15(17(23)19-18-11)6-16(22)21-9-13-4-5-14(10-21)20(8-13)7-12-2-3-12/h12-14H,2-10H2,1H3,(H2,18,19,23). The molecule has 0 radical (unpaired) electrons. The number of aromatic amines is 2. The van der Waals surface area contributed by atoms with Crippen LogP contribution in [0.15, 0.2) is 4.79 Å². The van der Waals surface area contributed by atoms with E-state index in [4.69, 9.17) is 0 Å². The smallest absolute Gasteiger partial charge is 0.267 e. The zero-order chi connectivity index (χ0) is 16.0. The lowest BCUT2D eigenvalue weighted by Crippen LogP contribution is -2.45. The van der Waals surface area contributed by atoms with E-state index in [1.807, 2.05) is 11.8 Å². The number of carbonyl (C=O) groups is 1. The van der Waals surface area contributed by atoms with Crippen LogP contribution in [-0.4, -0.2) is 58.1 Å². The number of amides is 1. The predicted molar refractivity (Wildman–Crippen MR) is 87.2 cm³/mol. The van der Waals surface area contributed by atoms with Crippen molar-refractivity contribution >= 4 is 5.91 Å². The first kappa shape index (κ1) is 15.0. The summed E-state index contributed by atoms with van der Waals surface area (Å²) in [6.45, 7) is 5.90. The molecule has 6 heteroatoms. The molecule has 126 valence electrons. The topological polar surface area (TPSA) is 72.2 Å². The summed E-state index contributed by atoms with van der Waals surface area (Å²) >= 11 is 0. The van der Waals surface area contributed by atoms with Gasteiger partial charge in [-0.15, -0.1) is 0 Å². The second kappa shape index (κ2) is 5.82. The maximum absolute atomic E-state index is 12.7. The highest BCUT2D eigenvalue weighted by Gasteiger charge is 2.38. The molecule has 2 atom stereocenters. The summed E-state index contributed by atoms with van der Waals surface area (Å²) in [6.07, 6.45) is 5.43. The van der Waals surface area contributed by atoms with Crippen molar-refractivity contribution in [3.05, 3.63) is 21.6 Å². The van der Waals surface area contributed by atoms with Crippen molar-refractivity contribution in [2.24, 2.45) is 11.8 Å². The van der Waals surface area contributed by atoms with Gasteiger partial charge in [-0.25, -0.2) is 0 Å². The van der Waals surface area contributed by atoms with Crippen LogP contribution in [0, 0.1) is 18.8 Å². The van der Waals surface area contributed by atoms with E-state index in [2.05, 4.69) is 15.1 Å². The van der Waals surface area contributed by atoms with Gasteiger partial charge in [-0.1, -0.05) is 0 Å². The average Bonchev–Trinajstić information content (AvgIpc) is 3.33. The van der Waals surface area contributed by atoms with E-state index in [1.54, 1.807) is 0 Å². The molecule has 1 saturated carbocycles. The Morgan fingerprint density at radius 2 is 1.96 bits per heavy atom. The largest absolute Gasteiger partial charge is 0.341 e. The number of H-pyrrole nitrogens is 2. The molecule has 0 aromatic carbocycles. The van der Waals surface area contributed by atoms with Gasteiger partial charge in [-0.3, -0.25) is 19.6 Å². The van der Waals surface area contributed by atoms with Crippen LogP contribution >= 0.6 is 0 Å². The maximum atomic E-state index is 12.7. The number of carbonyl (C=O) groups excluding carboxylic acids is 1. The van der Waals surface area contributed by atoms with Crippen molar-refractivity contribution in [1.82, 2.24) is 20.0 Å². The number of nitrogens with one attached hydrogen (secondary N) is 2. The van der Waals surface area contributed by atoms with Gasteiger partial charge in [0.25, 0.3) is 5.56 Å². The zero-order valence-electron chi connectivity index (χ0n) is 13.8. The third-order valence-corrected chi connectivity index (χ3v) is 5.79. The zero-order valence-corrected chi connectivity index (χ0v) is 13.8. The van der Waals surface area contributed by atoms with Crippen molar-refractivity contribution in [1.29, 1.82) is 0 Å². The molecule has 0 spiro atoms. The van der Waals surface area contributed by atoms with Crippen LogP contribution in [0.5, 0.6) is 0 Å². The second-order valence-electron chi connectivity index (χ2n) is 7.65. The number of nitrogens with zero attached hydrogens (tertiary/aromatic N) is 2. The van der Waals surface area contributed by atoms with Crippen LogP contribution < -0.4 is 5.56 Å². The third-order valence-electron chi connectivity index (χ3n) is 5.79. The molecule has 2 unspecified atom stereocenters. The van der Waals surface area contributed by atoms with Crippen LogP contribution in [0.3, 0.4) is 0 Å². The molecule has 23 heavy (non-hydrogen) atoms. The molecule has 4 aliphatic rings. The molecule has 2 N–H and O–H groups in total. The molecular weight excluding hydrogens is 292 g/mol. The summed E-state index contributed by atoms with van der Waals surface area (Å²) in [4.78, 5) is 29.2. The highest BCUT2D eigenvalue weighted by molar-refractivity contribution is 5.79. The minimum atomic E-state index is -0.163. The number of aryl methyl sites for hydroxylation is 1. The van der Waals surface area contributed by atoms with Crippen molar-refractivity contribution in [3.8, 4) is 0 Å². The molecule has 1 aliphatic carbocycles. The lowest BCUT2D eigenvalue weighted by Gasteiger charge is -2.36. The lowest BCUT2D eigenvalue weighted by atomic mass is 9.95. The van der Waals surface area contributed by atoms with Gasteiger partial charge in [-0.05, 0) is 44.4 Å². The van der Waals surface area contributed by atoms with E-state index in [-0.39, 0.29) is 17.9 Å². The Bertz CT molecular complexity index is 645. The molecule has 3 saturated heterocycles. The Hall–Kier alpha value is -1.56. The Morgan fingerprint density at radius 3 is 2.65 bits per heavy atom. The monoisotopic (exact) mass is 318 g/mol. The molecule has 3 aliphatic heterocycles. The predicted octanol–water partition coefficient (Wildman–Crippen LogP) is 0.887. The first-order chi connectivity index (χ1) is 11.1. The number of piperidine rings is 1. The van der Waals surface area contributed by atoms with Gasteiger partial charge < -0.3 is 10.00 Å². The fraction of sp³-hybridized carbons (Fsp3) is 0.765. The lowest BCUT2D eigenvalue weighted by molar-refractivity contribution is -0.130. The van der Waals surface area contributed by atoms with Crippen molar-refractivity contribution < 1.29 is 4.79 Å². The van der Waals surface area contributed by atoms with Gasteiger partial charge in [0.05, 0.1) is 6.42 Å². The Balaban J connectivity index is 1.45. The molecule has 4 heterocycles. The van der Waals surface area contributed by atoms with Gasteiger partial charge in [0.1, 0.15) is 0 Å². The van der Waals surface area contributed by atoms with Crippen LogP contribution in [0.4, 0.5) is 0 Å². The normalized spacial score (nSPS) is 28.1. The molecule has 2 bridgehead atoms. The highest BCUT2D eigenvalue weighted by Crippen LogP contribution is 2.34. The summed E-state index contributed by atoms with van der Waals surface area (Å²) < 4.78 is 0. The molecule has 5 rings (SSSR count). The maximum Gasteiger partial charge on any atom is 0.267 e. The summed E-state index contributed by atoms with van der Waals surface area (Å²) in [6, 6.07) is 0.518. The average molecular weight is 318 g/mol. The molecule has 1 aromatic heterocycles. The molecule has 1 aromatic rings. The van der Waals surface area contributed by atoms with E-state index in [1.165, 1.54) is 32.2 Å². The van der Waals surface area contributed by atoms with E-state index >= 15 is 0 Å². The summed E-state index contributed by atoms with van der Waals surface area (Å²) in [5.74, 6) is 1.60. The fourth-order valence-electron chi connectivity index (χ4n) is 4.19. The van der Waals surface area contributed by atoms with Gasteiger partial charge >= 0.3 is 0 Å². The first-order valence-electron chi connectivity index (χ1n) is 8.88. The van der Waals surface area contributed by atoms with Crippen molar-refractivity contribution in [3.63, 3.8) is 0 Å². The minimum Gasteiger partial charge on any atom is -0.341 e. The van der Waals surface area contributed by atoms with Crippen LogP contribution in [-0.2, 0) is 11.2 Å². The summed E-state index contributed by atoms with van der Waals surface area (Å²) in [5.41, 5.74) is 1.20. The number of hydrogen-bond acceptors (Lipinski definition) is 3. The molecule has 1 amide bonds. The summed E-state index contributed by atoms with van der Waals surface area (Å²) in [5, 5.41) is 5.37. The molecule has 6 nitrogen and oxygen atoms in total. The number of rotatable bonds is 4. The Labute approximate surface area is 136 Å². The van der Waals surface area contributed by atoms with Gasteiger partial charge in [-0.2, -0.15) is 0 Å². The quantitative estimate of drug-likeness (QED) is 0.866. The SMILES string of the molecule is Cc1[nH][nH]c(=O)c1CC(=O)N1CC2CCC(C1)N(CC1CC1)C2. The van der Waals surface area contributed by atoms with Crippen LogP contribution in [0.25, 0.3) is 0 Å². The highest BCUT2D eigenvalue weighted by atomic mass is 16.2.